The molecular weight excluding hydrogens is 370 g/mol. The molecule has 1 saturated carbocycles. The number of nitrogens with zero attached hydrogens (tertiary/aromatic N) is 1. The van der Waals surface area contributed by atoms with Gasteiger partial charge in [0, 0.05) is 17.1 Å². The first-order valence-corrected chi connectivity index (χ1v) is 8.76. The van der Waals surface area contributed by atoms with Crippen molar-refractivity contribution >= 4 is 21.8 Å². The molecule has 126 valence electrons. The van der Waals surface area contributed by atoms with E-state index in [1.807, 2.05) is 53.4 Å². The predicted octanol–water partition coefficient (Wildman–Crippen LogP) is 4.03. The Morgan fingerprint density at radius 3 is 2.29 bits per heavy atom. The van der Waals surface area contributed by atoms with Gasteiger partial charge in [-0.05, 0) is 54.8 Å². The lowest BCUT2D eigenvalue weighted by atomic mass is 10.2. The minimum absolute atomic E-state index is 0.0243. The van der Waals surface area contributed by atoms with Crippen LogP contribution in [0.25, 0.3) is 0 Å². The Hall–Kier alpha value is -2.01. The molecule has 4 nitrogen and oxygen atoms in total. The highest BCUT2D eigenvalue weighted by Gasteiger charge is 2.32. The van der Waals surface area contributed by atoms with Gasteiger partial charge in [0.15, 0.2) is 6.61 Å². The van der Waals surface area contributed by atoms with Crippen LogP contribution in [-0.4, -0.2) is 30.6 Å². The van der Waals surface area contributed by atoms with E-state index >= 15 is 0 Å². The van der Waals surface area contributed by atoms with Gasteiger partial charge in [-0.2, -0.15) is 0 Å². The monoisotopic (exact) mass is 389 g/mol. The fourth-order valence-electron chi connectivity index (χ4n) is 2.49. The van der Waals surface area contributed by atoms with Crippen molar-refractivity contribution in [3.63, 3.8) is 0 Å². The fourth-order valence-corrected chi connectivity index (χ4v) is 2.76. The minimum atomic E-state index is 0.0243. The van der Waals surface area contributed by atoms with Gasteiger partial charge in [-0.3, -0.25) is 4.79 Å². The van der Waals surface area contributed by atoms with Crippen molar-refractivity contribution in [1.29, 1.82) is 0 Å². The highest BCUT2D eigenvalue weighted by molar-refractivity contribution is 9.10. The summed E-state index contributed by atoms with van der Waals surface area (Å²) < 4.78 is 11.8. The third-order valence-electron chi connectivity index (χ3n) is 4.00. The number of methoxy groups -OCH3 is 1. The molecule has 0 heterocycles. The normalized spacial score (nSPS) is 13.4. The van der Waals surface area contributed by atoms with Crippen LogP contribution >= 0.6 is 15.9 Å². The van der Waals surface area contributed by atoms with Crippen LogP contribution in [0.4, 0.5) is 0 Å². The number of benzene rings is 2. The number of hydrogen-bond donors (Lipinski definition) is 0. The molecule has 1 amide bonds. The van der Waals surface area contributed by atoms with Crippen LogP contribution in [0.3, 0.4) is 0 Å². The van der Waals surface area contributed by atoms with E-state index < -0.39 is 0 Å². The van der Waals surface area contributed by atoms with Crippen molar-refractivity contribution in [2.45, 2.75) is 25.4 Å². The van der Waals surface area contributed by atoms with Gasteiger partial charge in [0.05, 0.1) is 7.11 Å². The van der Waals surface area contributed by atoms with Crippen LogP contribution in [0.2, 0.25) is 0 Å². The van der Waals surface area contributed by atoms with E-state index in [2.05, 4.69) is 15.9 Å². The first-order valence-electron chi connectivity index (χ1n) is 7.96. The van der Waals surface area contributed by atoms with Gasteiger partial charge in [0.1, 0.15) is 11.5 Å². The van der Waals surface area contributed by atoms with Crippen molar-refractivity contribution in [3.8, 4) is 11.5 Å². The molecule has 2 aromatic rings. The molecule has 0 N–H and O–H groups in total. The summed E-state index contributed by atoms with van der Waals surface area (Å²) >= 11 is 3.38. The second-order valence-corrected chi connectivity index (χ2v) is 6.76. The zero-order valence-electron chi connectivity index (χ0n) is 13.6. The van der Waals surface area contributed by atoms with E-state index in [0.29, 0.717) is 18.3 Å². The Kier molecular flexibility index (Phi) is 5.41. The van der Waals surface area contributed by atoms with E-state index in [0.717, 1.165) is 28.6 Å². The van der Waals surface area contributed by atoms with Gasteiger partial charge in [0.25, 0.3) is 5.91 Å². The van der Waals surface area contributed by atoms with E-state index in [9.17, 15) is 4.79 Å². The summed E-state index contributed by atoms with van der Waals surface area (Å²) in [5.41, 5.74) is 1.10. The number of amides is 1. The number of hydrogen-bond acceptors (Lipinski definition) is 3. The first-order chi connectivity index (χ1) is 11.7. The number of carbonyl (C=O) groups is 1. The van der Waals surface area contributed by atoms with E-state index in [1.165, 1.54) is 0 Å². The average Bonchev–Trinajstić information content (AvgIpc) is 3.44. The molecule has 0 aliphatic heterocycles. The Bertz CT molecular complexity index is 681. The van der Waals surface area contributed by atoms with Crippen molar-refractivity contribution in [3.05, 3.63) is 58.6 Å². The van der Waals surface area contributed by atoms with Gasteiger partial charge >= 0.3 is 0 Å². The lowest BCUT2D eigenvalue weighted by molar-refractivity contribution is -0.134. The van der Waals surface area contributed by atoms with Gasteiger partial charge < -0.3 is 14.4 Å². The summed E-state index contributed by atoms with van der Waals surface area (Å²) in [4.78, 5) is 14.5. The second kappa shape index (κ2) is 7.71. The van der Waals surface area contributed by atoms with Crippen LogP contribution < -0.4 is 9.47 Å². The van der Waals surface area contributed by atoms with Crippen LogP contribution in [0.5, 0.6) is 11.5 Å². The molecule has 0 radical (unpaired) electrons. The zero-order chi connectivity index (χ0) is 16.9. The fraction of sp³-hybridized carbons (Fsp3) is 0.316. The van der Waals surface area contributed by atoms with Crippen LogP contribution in [0, 0.1) is 0 Å². The molecule has 24 heavy (non-hydrogen) atoms. The first kappa shape index (κ1) is 16.8. The molecule has 0 atom stereocenters. The van der Waals surface area contributed by atoms with E-state index in [-0.39, 0.29) is 12.5 Å². The predicted molar refractivity (Wildman–Crippen MR) is 96.2 cm³/mol. The standard InChI is InChI=1S/C19H20BrNO3/c1-23-17-8-2-14(3-9-17)12-21(16-6-7-16)19(22)13-24-18-10-4-15(20)5-11-18/h2-5,8-11,16H,6-7,12-13H2,1H3. The molecule has 1 aliphatic rings. The van der Waals surface area contributed by atoms with Gasteiger partial charge in [-0.1, -0.05) is 28.1 Å². The Morgan fingerprint density at radius 1 is 1.08 bits per heavy atom. The highest BCUT2D eigenvalue weighted by atomic mass is 79.9. The molecule has 2 aromatic carbocycles. The smallest absolute Gasteiger partial charge is 0.261 e. The largest absolute Gasteiger partial charge is 0.497 e. The lowest BCUT2D eigenvalue weighted by Gasteiger charge is -2.23. The van der Waals surface area contributed by atoms with Gasteiger partial charge in [0.2, 0.25) is 0 Å². The number of carbonyl (C=O) groups excluding carboxylic acids is 1. The highest BCUT2D eigenvalue weighted by Crippen LogP contribution is 2.29. The van der Waals surface area contributed by atoms with Crippen molar-refractivity contribution in [2.24, 2.45) is 0 Å². The molecule has 1 fully saturated rings. The summed E-state index contributed by atoms with van der Waals surface area (Å²) in [6.45, 7) is 0.672. The topological polar surface area (TPSA) is 38.8 Å². The SMILES string of the molecule is COc1ccc(CN(C(=O)COc2ccc(Br)cc2)C2CC2)cc1. The lowest BCUT2D eigenvalue weighted by Crippen LogP contribution is -2.36. The molecular formula is C19H20BrNO3. The van der Waals surface area contributed by atoms with Crippen molar-refractivity contribution < 1.29 is 14.3 Å². The third kappa shape index (κ3) is 4.51. The summed E-state index contributed by atoms with van der Waals surface area (Å²) in [5.74, 6) is 1.55. The average molecular weight is 390 g/mol. The molecule has 0 unspecified atom stereocenters. The van der Waals surface area contributed by atoms with Crippen LogP contribution in [-0.2, 0) is 11.3 Å². The zero-order valence-corrected chi connectivity index (χ0v) is 15.2. The van der Waals surface area contributed by atoms with Gasteiger partial charge in [-0.15, -0.1) is 0 Å². The maximum atomic E-state index is 12.6. The van der Waals surface area contributed by atoms with E-state index in [4.69, 9.17) is 9.47 Å². The Labute approximate surface area is 150 Å². The van der Waals surface area contributed by atoms with Crippen LogP contribution in [0.1, 0.15) is 18.4 Å². The summed E-state index contributed by atoms with van der Waals surface area (Å²) in [5, 5.41) is 0. The maximum absolute atomic E-state index is 12.6. The van der Waals surface area contributed by atoms with Crippen LogP contribution in [0.15, 0.2) is 53.0 Å². The third-order valence-corrected chi connectivity index (χ3v) is 4.52. The molecule has 3 rings (SSSR count). The Balaban J connectivity index is 1.59. The molecule has 0 aromatic heterocycles. The summed E-state index contributed by atoms with van der Waals surface area (Å²) in [6.07, 6.45) is 2.14. The summed E-state index contributed by atoms with van der Waals surface area (Å²) in [6, 6.07) is 15.7. The second-order valence-electron chi connectivity index (χ2n) is 5.84. The van der Waals surface area contributed by atoms with Gasteiger partial charge in [-0.25, -0.2) is 0 Å². The Morgan fingerprint density at radius 2 is 1.71 bits per heavy atom. The van der Waals surface area contributed by atoms with Crippen molar-refractivity contribution in [2.75, 3.05) is 13.7 Å². The maximum Gasteiger partial charge on any atom is 0.261 e. The van der Waals surface area contributed by atoms with E-state index in [1.54, 1.807) is 7.11 Å². The molecule has 0 saturated heterocycles. The minimum Gasteiger partial charge on any atom is -0.497 e. The number of rotatable bonds is 7. The summed E-state index contributed by atoms with van der Waals surface area (Å²) in [7, 11) is 1.65. The molecule has 1 aliphatic carbocycles. The number of halogens is 1. The van der Waals surface area contributed by atoms with Crippen molar-refractivity contribution in [1.82, 2.24) is 4.90 Å². The number of ether oxygens (including phenoxy) is 2. The molecule has 0 bridgehead atoms. The molecule has 0 spiro atoms. The quantitative estimate of drug-likeness (QED) is 0.717. The molecule has 5 heteroatoms.